The first-order valence-corrected chi connectivity index (χ1v) is 13.8. The second kappa shape index (κ2) is 10.2. The molecule has 1 aliphatic carbocycles. The van der Waals surface area contributed by atoms with Crippen LogP contribution in [0.15, 0.2) is 94.9 Å². The summed E-state index contributed by atoms with van der Waals surface area (Å²) in [6.45, 7) is 0. The van der Waals surface area contributed by atoms with Crippen LogP contribution in [-0.4, -0.2) is 21.2 Å². The van der Waals surface area contributed by atoms with E-state index in [4.69, 9.17) is 9.72 Å². The van der Waals surface area contributed by atoms with Gasteiger partial charge in [0.25, 0.3) is 5.56 Å². The third-order valence-corrected chi connectivity index (χ3v) is 8.31. The summed E-state index contributed by atoms with van der Waals surface area (Å²) in [7, 11) is 0. The fourth-order valence-electron chi connectivity index (χ4n) is 4.52. The van der Waals surface area contributed by atoms with E-state index in [1.54, 1.807) is 22.0 Å². The Hall–Kier alpha value is -3.88. The molecule has 184 valence electrons. The quantitative estimate of drug-likeness (QED) is 0.195. The van der Waals surface area contributed by atoms with Crippen molar-refractivity contribution in [3.63, 3.8) is 0 Å². The van der Waals surface area contributed by atoms with Crippen molar-refractivity contribution in [3.05, 3.63) is 106 Å². The smallest absolute Gasteiger partial charge is 0.267 e. The highest BCUT2D eigenvalue weighted by Crippen LogP contribution is 2.36. The van der Waals surface area contributed by atoms with Crippen LogP contribution in [0.2, 0.25) is 0 Å². The molecule has 0 fully saturated rings. The Morgan fingerprint density at radius 3 is 2.51 bits per heavy atom. The number of para-hydroxylation sites is 4. The number of amides is 1. The number of aryl methyl sites for hydroxylation is 2. The molecule has 1 N–H and O–H groups in total. The zero-order valence-corrected chi connectivity index (χ0v) is 21.5. The molecule has 0 aliphatic heterocycles. The van der Waals surface area contributed by atoms with Gasteiger partial charge in [-0.1, -0.05) is 60.3 Å². The van der Waals surface area contributed by atoms with Crippen molar-refractivity contribution in [3.8, 4) is 17.2 Å². The third-order valence-electron chi connectivity index (χ3n) is 6.19. The molecule has 0 radical (unpaired) electrons. The molecule has 8 heteroatoms. The van der Waals surface area contributed by atoms with Crippen molar-refractivity contribution in [1.29, 1.82) is 0 Å². The van der Waals surface area contributed by atoms with E-state index in [1.807, 2.05) is 78.9 Å². The molecule has 0 atom stereocenters. The predicted octanol–water partition coefficient (Wildman–Crippen LogP) is 6.46. The number of hydrogen-bond donors (Lipinski definition) is 1. The van der Waals surface area contributed by atoms with Crippen molar-refractivity contribution < 1.29 is 9.53 Å². The molecule has 1 aliphatic rings. The van der Waals surface area contributed by atoms with Crippen LogP contribution in [0, 0.1) is 0 Å². The van der Waals surface area contributed by atoms with Gasteiger partial charge in [0.15, 0.2) is 10.9 Å². The topological polar surface area (TPSA) is 73.2 Å². The number of aromatic nitrogens is 2. The number of benzene rings is 3. The lowest BCUT2D eigenvalue weighted by Crippen LogP contribution is -2.23. The van der Waals surface area contributed by atoms with Gasteiger partial charge in [0, 0.05) is 4.88 Å². The molecule has 6 nitrogen and oxygen atoms in total. The van der Waals surface area contributed by atoms with Crippen LogP contribution in [-0.2, 0) is 17.6 Å². The third kappa shape index (κ3) is 4.77. The molecule has 0 bridgehead atoms. The summed E-state index contributed by atoms with van der Waals surface area (Å²) in [5.74, 6) is 1.12. The van der Waals surface area contributed by atoms with Gasteiger partial charge < -0.3 is 10.1 Å². The maximum absolute atomic E-state index is 13.7. The van der Waals surface area contributed by atoms with E-state index in [1.165, 1.54) is 16.6 Å². The second-order valence-electron chi connectivity index (χ2n) is 8.66. The van der Waals surface area contributed by atoms with Gasteiger partial charge in [-0.25, -0.2) is 4.98 Å². The van der Waals surface area contributed by atoms with Crippen LogP contribution in [0.25, 0.3) is 15.9 Å². The van der Waals surface area contributed by atoms with Gasteiger partial charge in [0.1, 0.15) is 10.6 Å². The number of rotatable bonds is 7. The number of nitrogens with zero attached hydrogens (tertiary/aromatic N) is 2. The molecule has 0 spiro atoms. The highest BCUT2D eigenvalue weighted by Gasteiger charge is 2.24. The summed E-state index contributed by atoms with van der Waals surface area (Å²) < 4.78 is 7.60. The van der Waals surface area contributed by atoms with E-state index in [9.17, 15) is 9.59 Å². The molecule has 6 rings (SSSR count). The first kappa shape index (κ1) is 23.5. The van der Waals surface area contributed by atoms with Crippen molar-refractivity contribution in [2.45, 2.75) is 24.4 Å². The Kier molecular flexibility index (Phi) is 6.51. The largest absolute Gasteiger partial charge is 0.455 e. The highest BCUT2D eigenvalue weighted by molar-refractivity contribution is 7.99. The van der Waals surface area contributed by atoms with E-state index in [-0.39, 0.29) is 17.2 Å². The van der Waals surface area contributed by atoms with Gasteiger partial charge in [0.05, 0.1) is 22.5 Å². The van der Waals surface area contributed by atoms with Crippen LogP contribution in [0.5, 0.6) is 11.5 Å². The van der Waals surface area contributed by atoms with Crippen molar-refractivity contribution >= 4 is 44.9 Å². The first-order chi connectivity index (χ1) is 18.2. The summed E-state index contributed by atoms with van der Waals surface area (Å²) in [5, 5.41) is 4.18. The lowest BCUT2D eigenvalue weighted by atomic mass is 10.2. The Morgan fingerprint density at radius 1 is 0.973 bits per heavy atom. The fourth-order valence-corrected chi connectivity index (χ4v) is 6.63. The molecule has 2 aromatic heterocycles. The number of ether oxygens (including phenoxy) is 1. The average Bonchev–Trinajstić information content (AvgIpc) is 3.51. The van der Waals surface area contributed by atoms with E-state index >= 15 is 0 Å². The maximum atomic E-state index is 13.7. The molecule has 37 heavy (non-hydrogen) atoms. The Labute approximate surface area is 222 Å². The van der Waals surface area contributed by atoms with Crippen molar-refractivity contribution in [2.24, 2.45) is 0 Å². The van der Waals surface area contributed by atoms with Crippen LogP contribution >= 0.6 is 23.1 Å². The molecule has 1 amide bonds. The summed E-state index contributed by atoms with van der Waals surface area (Å²) >= 11 is 2.86. The van der Waals surface area contributed by atoms with E-state index in [0.717, 1.165) is 40.7 Å². The fraction of sp³-hybridized carbons (Fsp3) is 0.138. The van der Waals surface area contributed by atoms with E-state index < -0.39 is 0 Å². The van der Waals surface area contributed by atoms with Gasteiger partial charge in [-0.2, -0.15) is 0 Å². The van der Waals surface area contributed by atoms with Crippen LogP contribution in [0.3, 0.4) is 0 Å². The number of fused-ring (bicyclic) bond motifs is 3. The van der Waals surface area contributed by atoms with Gasteiger partial charge >= 0.3 is 0 Å². The number of nitrogens with one attached hydrogen (secondary N) is 1. The zero-order chi connectivity index (χ0) is 25.2. The van der Waals surface area contributed by atoms with E-state index in [2.05, 4.69) is 5.32 Å². The SMILES string of the molecule is O=C(CSc1nc2sc3c(c2c(=O)n1-c1ccccc1)CCC3)Nc1ccccc1Oc1ccccc1. The number of carbonyl (C=O) groups excluding carboxylic acids is 1. The Bertz CT molecular complexity index is 1650. The van der Waals surface area contributed by atoms with Crippen LogP contribution in [0.4, 0.5) is 5.69 Å². The normalized spacial score (nSPS) is 12.4. The average molecular weight is 526 g/mol. The predicted molar refractivity (Wildman–Crippen MR) is 150 cm³/mol. The molecule has 0 saturated carbocycles. The minimum Gasteiger partial charge on any atom is -0.455 e. The van der Waals surface area contributed by atoms with E-state index in [0.29, 0.717) is 22.3 Å². The highest BCUT2D eigenvalue weighted by atomic mass is 32.2. The standard InChI is InChI=1S/C29H23N3O3S2/c33-25(30-22-15-7-8-16-23(22)35-20-12-5-2-6-13-20)18-36-29-31-27-26(21-14-9-17-24(21)37-27)28(34)32(29)19-10-3-1-4-11-19/h1-8,10-13,15-16H,9,14,17-18H2,(H,30,33). The number of thioether (sulfide) groups is 1. The van der Waals surface area contributed by atoms with Gasteiger partial charge in [-0.3, -0.25) is 14.2 Å². The number of thiophene rings is 1. The molecule has 3 aromatic carbocycles. The molecule has 0 saturated heterocycles. The summed E-state index contributed by atoms with van der Waals surface area (Å²) in [6, 6.07) is 26.2. The molecule has 0 unspecified atom stereocenters. The number of hydrogen-bond acceptors (Lipinski definition) is 6. The molecule has 2 heterocycles. The minimum atomic E-state index is -0.211. The lowest BCUT2D eigenvalue weighted by molar-refractivity contribution is -0.113. The second-order valence-corrected chi connectivity index (χ2v) is 10.7. The van der Waals surface area contributed by atoms with Crippen LogP contribution in [0.1, 0.15) is 16.9 Å². The van der Waals surface area contributed by atoms with Crippen LogP contribution < -0.4 is 15.6 Å². The first-order valence-electron chi connectivity index (χ1n) is 12.0. The minimum absolute atomic E-state index is 0.0693. The molecular weight excluding hydrogens is 502 g/mol. The van der Waals surface area contributed by atoms with Crippen molar-refractivity contribution in [1.82, 2.24) is 9.55 Å². The summed E-state index contributed by atoms with van der Waals surface area (Å²) in [5.41, 5.74) is 2.39. The summed E-state index contributed by atoms with van der Waals surface area (Å²) in [6.07, 6.45) is 2.99. The van der Waals surface area contributed by atoms with Gasteiger partial charge in [0.2, 0.25) is 5.91 Å². The molecular formula is C29H23N3O3S2. The lowest BCUT2D eigenvalue weighted by Gasteiger charge is -2.14. The number of carbonyl (C=O) groups is 1. The maximum Gasteiger partial charge on any atom is 0.267 e. The zero-order valence-electron chi connectivity index (χ0n) is 19.8. The molecule has 5 aromatic rings. The summed E-state index contributed by atoms with van der Waals surface area (Å²) in [4.78, 5) is 33.6. The number of anilines is 1. The monoisotopic (exact) mass is 525 g/mol. The Balaban J connectivity index is 1.27. The Morgan fingerprint density at radius 2 is 1.70 bits per heavy atom. The van der Waals surface area contributed by atoms with Crippen molar-refractivity contribution in [2.75, 3.05) is 11.1 Å². The van der Waals surface area contributed by atoms with Gasteiger partial charge in [-0.15, -0.1) is 11.3 Å². The van der Waals surface area contributed by atoms with Gasteiger partial charge in [-0.05, 0) is 61.2 Å².